The van der Waals surface area contributed by atoms with Crippen LogP contribution in [0.4, 0.5) is 20.3 Å². The van der Waals surface area contributed by atoms with Crippen LogP contribution in [-0.4, -0.2) is 90.1 Å². The molecule has 0 bridgehead atoms. The summed E-state index contributed by atoms with van der Waals surface area (Å²) >= 11 is 6.66. The van der Waals surface area contributed by atoms with Crippen LogP contribution in [-0.2, 0) is 17.8 Å². The number of hydrogen-bond donors (Lipinski definition) is 0. The second-order valence-electron chi connectivity index (χ2n) is 11.7. The number of likely N-dealkylation sites (tertiary alicyclic amines) is 1. The second-order valence-corrected chi connectivity index (χ2v) is 12.1. The lowest BCUT2D eigenvalue weighted by Gasteiger charge is -2.42. The number of anilines is 2. The zero-order valence-corrected chi connectivity index (χ0v) is 25.3. The van der Waals surface area contributed by atoms with Gasteiger partial charge in [-0.05, 0) is 37.1 Å². The molecule has 6 rings (SSSR count). The highest BCUT2D eigenvalue weighted by Gasteiger charge is 2.43. The average Bonchev–Trinajstić information content (AvgIpc) is 3.29. The zero-order valence-electron chi connectivity index (χ0n) is 24.6. The number of carbonyl (C=O) groups is 1. The van der Waals surface area contributed by atoms with Gasteiger partial charge in [-0.1, -0.05) is 42.4 Å². The third kappa shape index (κ3) is 5.88. The summed E-state index contributed by atoms with van der Waals surface area (Å²) in [6, 6.07) is 13.5. The van der Waals surface area contributed by atoms with Crippen molar-refractivity contribution in [3.63, 3.8) is 0 Å². The highest BCUT2D eigenvalue weighted by Crippen LogP contribution is 2.38. The fourth-order valence-corrected chi connectivity index (χ4v) is 6.89. The Morgan fingerprint density at radius 1 is 1.18 bits per heavy atom. The van der Waals surface area contributed by atoms with Crippen LogP contribution in [0.3, 0.4) is 0 Å². The number of aromatic nitrogens is 2. The Balaban J connectivity index is 1.34. The molecule has 1 amide bonds. The number of nitriles is 1. The van der Waals surface area contributed by atoms with Gasteiger partial charge in [-0.15, -0.1) is 0 Å². The molecule has 2 fully saturated rings. The number of fused-ring (bicyclic) bond motifs is 2. The Labute approximate surface area is 260 Å². The van der Waals surface area contributed by atoms with Crippen molar-refractivity contribution in [1.29, 1.82) is 5.26 Å². The van der Waals surface area contributed by atoms with E-state index in [-0.39, 0.29) is 44.0 Å². The molecule has 3 aliphatic heterocycles. The number of alkyl halides is 2. The Morgan fingerprint density at radius 2 is 1.98 bits per heavy atom. The fraction of sp³-hybridized carbons (Fsp3) is 0.438. The van der Waals surface area contributed by atoms with Crippen LogP contribution >= 0.6 is 11.6 Å². The molecule has 3 aliphatic rings. The molecule has 2 atom stereocenters. The smallest absolute Gasteiger partial charge is 0.318 e. The van der Waals surface area contributed by atoms with E-state index < -0.39 is 12.0 Å². The maximum Gasteiger partial charge on any atom is 0.318 e. The average molecular weight is 622 g/mol. The first-order valence-electron chi connectivity index (χ1n) is 14.7. The lowest BCUT2D eigenvalue weighted by molar-refractivity contribution is -0.128. The fourth-order valence-electron chi connectivity index (χ4n) is 6.61. The molecule has 0 N–H and O–H groups in total. The Kier molecular flexibility index (Phi) is 8.31. The van der Waals surface area contributed by atoms with Gasteiger partial charge in [-0.25, -0.2) is 8.78 Å². The van der Waals surface area contributed by atoms with Crippen molar-refractivity contribution in [2.45, 2.75) is 43.8 Å². The zero-order chi connectivity index (χ0) is 31.0. The first-order valence-corrected chi connectivity index (χ1v) is 15.1. The Morgan fingerprint density at radius 3 is 2.70 bits per heavy atom. The van der Waals surface area contributed by atoms with Crippen LogP contribution in [0, 0.1) is 11.3 Å². The number of likely N-dealkylation sites (N-methyl/N-ethyl adjacent to an activating group) is 1. The number of halogens is 3. The van der Waals surface area contributed by atoms with Crippen molar-refractivity contribution < 1.29 is 18.3 Å². The van der Waals surface area contributed by atoms with Gasteiger partial charge in [0.1, 0.15) is 12.4 Å². The van der Waals surface area contributed by atoms with Crippen molar-refractivity contribution in [2.75, 3.05) is 56.2 Å². The van der Waals surface area contributed by atoms with Crippen molar-refractivity contribution in [1.82, 2.24) is 19.8 Å². The molecule has 230 valence electrons. The number of carbonyl (C=O) groups excluding carboxylic acids is 1. The van der Waals surface area contributed by atoms with E-state index in [1.165, 1.54) is 6.08 Å². The minimum absolute atomic E-state index is 0.0334. The van der Waals surface area contributed by atoms with Crippen LogP contribution in [0.25, 0.3) is 10.8 Å². The lowest BCUT2D eigenvalue weighted by Crippen LogP contribution is -2.55. The number of benzene rings is 2. The van der Waals surface area contributed by atoms with Gasteiger partial charge in [0.2, 0.25) is 5.91 Å². The first-order chi connectivity index (χ1) is 21.2. The van der Waals surface area contributed by atoms with Gasteiger partial charge in [0.15, 0.2) is 0 Å². The maximum atomic E-state index is 14.1. The van der Waals surface area contributed by atoms with E-state index in [2.05, 4.69) is 28.5 Å². The summed E-state index contributed by atoms with van der Waals surface area (Å²) in [4.78, 5) is 29.8. The normalized spacial score (nSPS) is 21.7. The van der Waals surface area contributed by atoms with Crippen LogP contribution in [0.1, 0.15) is 24.1 Å². The number of hydrogen-bond acceptors (Lipinski definition) is 8. The van der Waals surface area contributed by atoms with Gasteiger partial charge >= 0.3 is 6.01 Å². The Hall–Kier alpha value is -4.01. The molecule has 9 nitrogen and oxygen atoms in total. The molecule has 1 aromatic heterocycles. The molecule has 3 aromatic rings. The topological polar surface area (TPSA) is 88.8 Å². The van der Waals surface area contributed by atoms with Crippen LogP contribution in [0.5, 0.6) is 6.01 Å². The number of rotatable bonds is 7. The molecule has 0 saturated carbocycles. The summed E-state index contributed by atoms with van der Waals surface area (Å²) in [7, 11) is 1.67. The summed E-state index contributed by atoms with van der Waals surface area (Å²) in [6.07, 6.45) is 1.81. The molecule has 0 radical (unpaired) electrons. The largest absolute Gasteiger partial charge is 0.462 e. The van der Waals surface area contributed by atoms with Crippen LogP contribution < -0.4 is 14.5 Å². The van der Waals surface area contributed by atoms with E-state index in [1.54, 1.807) is 16.8 Å². The van der Waals surface area contributed by atoms with Gasteiger partial charge in [0.05, 0.1) is 42.3 Å². The maximum absolute atomic E-state index is 14.1. The first kappa shape index (κ1) is 30.0. The highest BCUT2D eigenvalue weighted by atomic mass is 35.5. The molecule has 12 heteroatoms. The monoisotopic (exact) mass is 621 g/mol. The van der Waals surface area contributed by atoms with E-state index in [0.717, 1.165) is 27.7 Å². The third-order valence-corrected chi connectivity index (χ3v) is 9.12. The molecule has 44 heavy (non-hydrogen) atoms. The lowest BCUT2D eigenvalue weighted by atomic mass is 10.0. The minimum atomic E-state index is -2.76. The van der Waals surface area contributed by atoms with Crippen molar-refractivity contribution >= 4 is 39.8 Å². The van der Waals surface area contributed by atoms with Crippen LogP contribution in [0.15, 0.2) is 49.1 Å². The second kappa shape index (κ2) is 12.2. The number of piperazine rings is 1. The van der Waals surface area contributed by atoms with E-state index in [4.69, 9.17) is 26.3 Å². The molecular weight excluding hydrogens is 588 g/mol. The third-order valence-electron chi connectivity index (χ3n) is 8.81. The van der Waals surface area contributed by atoms with Gasteiger partial charge in [0.25, 0.3) is 5.92 Å². The molecule has 0 unspecified atom stereocenters. The summed E-state index contributed by atoms with van der Waals surface area (Å²) in [5.74, 6) is -2.27. The minimum Gasteiger partial charge on any atom is -0.462 e. The standard InChI is InChI=1S/C32H34ClF2N7O2/c1-3-28(43)42-15-14-41(17-22(42)10-12-36)30-24-11-13-40(27-9-5-7-21-6-4-8-25(33)29(21)27)18-26(24)37-31(38-30)44-19-23-16-32(34,35)20-39(23)2/h3-9,22-23H,1,10-11,13-20H2,2H3/t22-,23-/m0/s1. The molecular formula is C32H34ClF2N7O2. The van der Waals surface area contributed by atoms with E-state index in [1.807, 2.05) is 30.3 Å². The van der Waals surface area contributed by atoms with E-state index in [0.29, 0.717) is 50.0 Å². The van der Waals surface area contributed by atoms with Crippen molar-refractivity contribution in [3.8, 4) is 12.1 Å². The molecule has 0 spiro atoms. The summed E-state index contributed by atoms with van der Waals surface area (Å²) in [5, 5.41) is 12.2. The van der Waals surface area contributed by atoms with Crippen molar-refractivity contribution in [3.05, 3.63) is 65.3 Å². The number of nitrogens with zero attached hydrogens (tertiary/aromatic N) is 7. The number of amides is 1. The molecule has 2 aromatic carbocycles. The molecule has 4 heterocycles. The predicted octanol–water partition coefficient (Wildman–Crippen LogP) is 4.68. The molecule has 2 saturated heterocycles. The summed E-state index contributed by atoms with van der Waals surface area (Å²) < 4.78 is 34.1. The van der Waals surface area contributed by atoms with Gasteiger partial charge < -0.3 is 19.4 Å². The highest BCUT2D eigenvalue weighted by molar-refractivity contribution is 6.36. The van der Waals surface area contributed by atoms with Gasteiger partial charge in [-0.2, -0.15) is 15.2 Å². The van der Waals surface area contributed by atoms with Gasteiger partial charge in [-0.3, -0.25) is 9.69 Å². The summed E-state index contributed by atoms with van der Waals surface area (Å²) in [5.41, 5.74) is 2.76. The van der Waals surface area contributed by atoms with Crippen LogP contribution in [0.2, 0.25) is 5.02 Å². The predicted molar refractivity (Wildman–Crippen MR) is 165 cm³/mol. The molecule has 0 aliphatic carbocycles. The number of ether oxygens (including phenoxy) is 1. The Bertz CT molecular complexity index is 1620. The summed E-state index contributed by atoms with van der Waals surface area (Å²) in [6.45, 7) is 5.84. The quantitative estimate of drug-likeness (QED) is 0.352. The van der Waals surface area contributed by atoms with Crippen molar-refractivity contribution in [2.24, 2.45) is 0 Å². The van der Waals surface area contributed by atoms with Gasteiger partial charge in [0, 0.05) is 55.3 Å². The SMILES string of the molecule is C=CC(=O)N1CCN(c2nc(OC[C@@H]3CC(F)(F)CN3C)nc3c2CCN(c2cccc4cccc(Cl)c24)C3)C[C@@H]1CC#N. The van der Waals surface area contributed by atoms with E-state index in [9.17, 15) is 18.8 Å². The van der Waals surface area contributed by atoms with E-state index >= 15 is 0 Å².